The van der Waals surface area contributed by atoms with E-state index >= 15 is 0 Å². The minimum atomic E-state index is -1.06. The Kier molecular flexibility index (Phi) is 18.0. The molecule has 326 valence electrons. The number of nitrogens with zero attached hydrogens (tertiary/aromatic N) is 1. The van der Waals surface area contributed by atoms with E-state index in [1.165, 1.54) is 0 Å². The van der Waals surface area contributed by atoms with E-state index in [1.807, 2.05) is 120 Å². The molecule has 6 atom stereocenters. The molecule has 6 N–H and O–H groups in total. The first kappa shape index (κ1) is 47.3. The Morgan fingerprint density at radius 1 is 0.750 bits per heavy atom. The zero-order chi connectivity index (χ0) is 43.9. The van der Waals surface area contributed by atoms with E-state index in [1.54, 1.807) is 18.7 Å². The summed E-state index contributed by atoms with van der Waals surface area (Å²) in [6.07, 6.45) is 0.371. The molecule has 3 aromatic carbocycles. The topological polar surface area (TPSA) is 181 Å². The molecule has 0 bridgehead atoms. The molecule has 1 saturated heterocycles. The number of hydrogen-bond donors (Lipinski definition) is 5. The first-order valence-electron chi connectivity index (χ1n) is 21.2. The fourth-order valence-electron chi connectivity index (χ4n) is 7.50. The summed E-state index contributed by atoms with van der Waals surface area (Å²) in [5.41, 5.74) is 9.75. The lowest BCUT2D eigenvalue weighted by molar-refractivity contribution is -0.157. The smallest absolute Gasteiger partial charge is 0.329 e. The molecule has 13 heteroatoms. The molecular formula is C47H66N6O7. The third kappa shape index (κ3) is 13.8. The molecule has 1 heterocycles. The van der Waals surface area contributed by atoms with Crippen molar-refractivity contribution < 1.29 is 33.4 Å². The van der Waals surface area contributed by atoms with Gasteiger partial charge in [0.1, 0.15) is 23.9 Å². The highest BCUT2D eigenvalue weighted by Gasteiger charge is 2.38. The summed E-state index contributed by atoms with van der Waals surface area (Å²) >= 11 is 0. The number of rotatable bonds is 21. The molecule has 0 spiro atoms. The standard InChI is InChI=1S/C47H66N6O7/c1-29(2)40(48)44(55)52-41(30(3)4)46(57)60-38(37(26-35-21-13-10-14-22-35)51-39(54)28-59-43-32(7)17-15-18-33(43)8)27-36(25-34-19-11-9-12-20-34)50-45(56)42(31(5)6)53-24-16-23-49-47(53)58/h9-15,17-22,29-31,36-38,40-42H,16,23-28,48H2,1-8H3,(H,49,58)(H,50,56)(H,51,54)(H,52,55)/t36-,37-,38-,40-,41-,42-/m0/s1. The summed E-state index contributed by atoms with van der Waals surface area (Å²) in [6.45, 7) is 15.6. The van der Waals surface area contributed by atoms with Gasteiger partial charge in [0, 0.05) is 25.6 Å². The number of nitrogens with one attached hydrogen (secondary N) is 4. The molecule has 5 amide bonds. The van der Waals surface area contributed by atoms with Crippen molar-refractivity contribution in [3.63, 3.8) is 0 Å². The van der Waals surface area contributed by atoms with Crippen molar-refractivity contribution in [3.8, 4) is 5.75 Å². The summed E-state index contributed by atoms with van der Waals surface area (Å²) in [5.74, 6) is -2.11. The van der Waals surface area contributed by atoms with Crippen LogP contribution in [0.2, 0.25) is 0 Å². The number of urea groups is 1. The number of carbonyl (C=O) groups excluding carboxylic acids is 5. The van der Waals surface area contributed by atoms with Crippen LogP contribution in [0.3, 0.4) is 0 Å². The van der Waals surface area contributed by atoms with Crippen LogP contribution in [0.4, 0.5) is 4.79 Å². The maximum absolute atomic E-state index is 14.4. The summed E-state index contributed by atoms with van der Waals surface area (Å²) in [4.78, 5) is 70.6. The third-order valence-electron chi connectivity index (χ3n) is 10.9. The number of para-hydroxylation sites is 1. The van der Waals surface area contributed by atoms with Crippen LogP contribution in [-0.2, 0) is 36.8 Å². The molecule has 0 saturated carbocycles. The molecule has 0 aromatic heterocycles. The number of ether oxygens (including phenoxy) is 2. The fourth-order valence-corrected chi connectivity index (χ4v) is 7.50. The molecule has 1 aliphatic heterocycles. The van der Waals surface area contributed by atoms with Gasteiger partial charge in [0.2, 0.25) is 11.8 Å². The van der Waals surface area contributed by atoms with Crippen LogP contribution < -0.4 is 31.7 Å². The normalized spacial score (nSPS) is 15.9. The second-order valence-corrected chi connectivity index (χ2v) is 16.9. The molecule has 0 aliphatic carbocycles. The van der Waals surface area contributed by atoms with Gasteiger partial charge < -0.3 is 41.4 Å². The molecule has 60 heavy (non-hydrogen) atoms. The van der Waals surface area contributed by atoms with E-state index in [4.69, 9.17) is 15.2 Å². The molecule has 1 aliphatic rings. The van der Waals surface area contributed by atoms with E-state index in [2.05, 4.69) is 21.3 Å². The van der Waals surface area contributed by atoms with Gasteiger partial charge in [-0.3, -0.25) is 14.4 Å². The number of carbonyl (C=O) groups is 5. The highest BCUT2D eigenvalue weighted by molar-refractivity contribution is 5.88. The van der Waals surface area contributed by atoms with Gasteiger partial charge in [-0.05, 0) is 73.1 Å². The van der Waals surface area contributed by atoms with Gasteiger partial charge in [0.15, 0.2) is 6.61 Å². The summed E-state index contributed by atoms with van der Waals surface area (Å²) in [6, 6.07) is 20.5. The van der Waals surface area contributed by atoms with Crippen LogP contribution in [0, 0.1) is 31.6 Å². The van der Waals surface area contributed by atoms with Gasteiger partial charge in [-0.2, -0.15) is 0 Å². The van der Waals surface area contributed by atoms with E-state index in [9.17, 15) is 24.0 Å². The SMILES string of the molecule is Cc1cccc(C)c1OCC(=O)N[C@@H](Cc1ccccc1)[C@H](C[C@H](Cc1ccccc1)NC(=O)[C@H](C(C)C)N1CCCNC1=O)OC(=O)[C@@H](NC(=O)[C@@H](N)C(C)C)C(C)C. The maximum atomic E-state index is 14.4. The van der Waals surface area contributed by atoms with Crippen molar-refractivity contribution in [2.75, 3.05) is 19.7 Å². The molecule has 3 aromatic rings. The number of hydrogen-bond acceptors (Lipinski definition) is 8. The number of aryl methyl sites for hydroxylation is 2. The van der Waals surface area contributed by atoms with Gasteiger partial charge in [0.05, 0.1) is 12.1 Å². The number of esters is 1. The van der Waals surface area contributed by atoms with Crippen LogP contribution in [0.1, 0.15) is 76.6 Å². The van der Waals surface area contributed by atoms with Gasteiger partial charge in [-0.15, -0.1) is 0 Å². The molecule has 0 radical (unpaired) electrons. The first-order chi connectivity index (χ1) is 28.5. The van der Waals surface area contributed by atoms with E-state index in [0.29, 0.717) is 31.7 Å². The zero-order valence-electron chi connectivity index (χ0n) is 36.5. The quantitative estimate of drug-likeness (QED) is 0.0931. The average Bonchev–Trinajstić information content (AvgIpc) is 3.20. The van der Waals surface area contributed by atoms with E-state index in [0.717, 1.165) is 22.3 Å². The minimum Gasteiger partial charge on any atom is -0.483 e. The van der Waals surface area contributed by atoms with Crippen molar-refractivity contribution in [2.45, 2.75) is 117 Å². The monoisotopic (exact) mass is 826 g/mol. The van der Waals surface area contributed by atoms with Crippen molar-refractivity contribution >= 4 is 29.7 Å². The van der Waals surface area contributed by atoms with Crippen LogP contribution in [0.15, 0.2) is 78.9 Å². The average molecular weight is 827 g/mol. The second-order valence-electron chi connectivity index (χ2n) is 16.9. The number of benzene rings is 3. The lowest BCUT2D eigenvalue weighted by atomic mass is 9.92. The Morgan fingerprint density at radius 3 is 1.90 bits per heavy atom. The van der Waals surface area contributed by atoms with E-state index in [-0.39, 0.29) is 49.1 Å². The Morgan fingerprint density at radius 2 is 1.35 bits per heavy atom. The molecule has 0 unspecified atom stereocenters. The molecule has 4 rings (SSSR count). The second kappa shape index (κ2) is 22.8. The summed E-state index contributed by atoms with van der Waals surface area (Å²) < 4.78 is 12.5. The van der Waals surface area contributed by atoms with Gasteiger partial charge in [-0.25, -0.2) is 9.59 Å². The molecule has 1 fully saturated rings. The number of nitrogens with two attached hydrogens (primary N) is 1. The molecule has 13 nitrogen and oxygen atoms in total. The van der Waals surface area contributed by atoms with Crippen molar-refractivity contribution in [1.29, 1.82) is 0 Å². The van der Waals surface area contributed by atoms with Gasteiger partial charge in [0.25, 0.3) is 5.91 Å². The summed E-state index contributed by atoms with van der Waals surface area (Å²) in [7, 11) is 0. The number of amides is 5. The summed E-state index contributed by atoms with van der Waals surface area (Å²) in [5, 5.41) is 12.0. The first-order valence-corrected chi connectivity index (χ1v) is 21.2. The molecular weight excluding hydrogens is 761 g/mol. The lowest BCUT2D eigenvalue weighted by Crippen LogP contribution is -2.60. The van der Waals surface area contributed by atoms with Crippen LogP contribution in [0.5, 0.6) is 5.75 Å². The van der Waals surface area contributed by atoms with Crippen molar-refractivity contribution in [3.05, 3.63) is 101 Å². The Bertz CT molecular complexity index is 1850. The Balaban J connectivity index is 1.76. The van der Waals surface area contributed by atoms with Gasteiger partial charge >= 0.3 is 12.0 Å². The van der Waals surface area contributed by atoms with Crippen molar-refractivity contribution in [1.82, 2.24) is 26.2 Å². The fraction of sp³-hybridized carbons (Fsp3) is 0.511. The van der Waals surface area contributed by atoms with Crippen LogP contribution >= 0.6 is 0 Å². The highest BCUT2D eigenvalue weighted by atomic mass is 16.5. The Hall–Kier alpha value is -5.43. The predicted molar refractivity (Wildman–Crippen MR) is 233 cm³/mol. The van der Waals surface area contributed by atoms with Crippen molar-refractivity contribution in [2.24, 2.45) is 23.5 Å². The van der Waals surface area contributed by atoms with Gasteiger partial charge in [-0.1, -0.05) is 120 Å². The highest BCUT2D eigenvalue weighted by Crippen LogP contribution is 2.24. The largest absolute Gasteiger partial charge is 0.483 e. The zero-order valence-corrected chi connectivity index (χ0v) is 36.5. The van der Waals surface area contributed by atoms with Crippen LogP contribution in [-0.4, -0.2) is 90.6 Å². The predicted octanol–water partition coefficient (Wildman–Crippen LogP) is 5.00. The third-order valence-corrected chi connectivity index (χ3v) is 10.9. The van der Waals surface area contributed by atoms with E-state index < -0.39 is 54.1 Å². The Labute approximate surface area is 355 Å². The lowest BCUT2D eigenvalue weighted by Gasteiger charge is -2.38. The van der Waals surface area contributed by atoms with Crippen LogP contribution in [0.25, 0.3) is 0 Å². The minimum absolute atomic E-state index is 0.0726. The maximum Gasteiger partial charge on any atom is 0.329 e.